The van der Waals surface area contributed by atoms with Gasteiger partial charge in [0, 0.05) is 18.5 Å². The molecule has 0 fully saturated rings. The number of aromatic nitrogens is 4. The van der Waals surface area contributed by atoms with Gasteiger partial charge < -0.3 is 10.3 Å². The van der Waals surface area contributed by atoms with Gasteiger partial charge in [-0.05, 0) is 25.5 Å². The van der Waals surface area contributed by atoms with E-state index in [9.17, 15) is 4.79 Å². The predicted octanol–water partition coefficient (Wildman–Crippen LogP) is 3.56. The highest BCUT2D eigenvalue weighted by atomic mass is 32.1. The van der Waals surface area contributed by atoms with Crippen LogP contribution in [0, 0.1) is 0 Å². The summed E-state index contributed by atoms with van der Waals surface area (Å²) in [5, 5.41) is 7.19. The van der Waals surface area contributed by atoms with Gasteiger partial charge in [0.15, 0.2) is 0 Å². The number of anilines is 1. The first-order valence-corrected chi connectivity index (χ1v) is 7.95. The maximum atomic E-state index is 12.4. The van der Waals surface area contributed by atoms with Crippen LogP contribution in [0.2, 0.25) is 0 Å². The number of H-pyrrole nitrogens is 1. The molecule has 0 aliphatic carbocycles. The second-order valence-corrected chi connectivity index (χ2v) is 6.06. The van der Waals surface area contributed by atoms with Crippen molar-refractivity contribution in [1.82, 2.24) is 19.7 Å². The van der Waals surface area contributed by atoms with E-state index in [2.05, 4.69) is 34.2 Å². The third kappa shape index (κ3) is 2.80. The van der Waals surface area contributed by atoms with Gasteiger partial charge in [-0.25, -0.2) is 9.67 Å². The van der Waals surface area contributed by atoms with Gasteiger partial charge in [0.2, 0.25) is 0 Å². The number of nitrogens with zero attached hydrogens (tertiary/aromatic N) is 3. The lowest BCUT2D eigenvalue weighted by atomic mass is 10.3. The normalized spacial score (nSPS) is 12.3. The molecule has 7 heteroatoms. The summed E-state index contributed by atoms with van der Waals surface area (Å²) in [5.41, 5.74) is 0. The van der Waals surface area contributed by atoms with Crippen LogP contribution in [0.3, 0.4) is 0 Å². The van der Waals surface area contributed by atoms with Crippen molar-refractivity contribution < 1.29 is 4.79 Å². The van der Waals surface area contributed by atoms with Gasteiger partial charge in [-0.1, -0.05) is 6.92 Å². The van der Waals surface area contributed by atoms with E-state index in [-0.39, 0.29) is 11.9 Å². The van der Waals surface area contributed by atoms with Crippen molar-refractivity contribution in [2.75, 3.05) is 5.32 Å². The third-order valence-corrected chi connectivity index (χ3v) is 4.57. The van der Waals surface area contributed by atoms with Crippen molar-refractivity contribution in [2.45, 2.75) is 26.3 Å². The molecule has 6 nitrogen and oxygen atoms in total. The molecule has 0 radical (unpaired) electrons. The molecule has 0 saturated carbocycles. The van der Waals surface area contributed by atoms with Gasteiger partial charge in [0.05, 0.1) is 22.0 Å². The van der Waals surface area contributed by atoms with Gasteiger partial charge in [-0.2, -0.15) is 5.10 Å². The second kappa shape index (κ2) is 6.15. The molecule has 1 atom stereocenters. The van der Waals surface area contributed by atoms with Crippen LogP contribution in [0.4, 0.5) is 5.82 Å². The monoisotopic (exact) mass is 315 g/mol. The van der Waals surface area contributed by atoms with Crippen molar-refractivity contribution >= 4 is 23.1 Å². The lowest BCUT2D eigenvalue weighted by molar-refractivity contribution is 0.102. The Morgan fingerprint density at radius 1 is 1.41 bits per heavy atom. The summed E-state index contributed by atoms with van der Waals surface area (Å²) < 4.78 is 1.83. The van der Waals surface area contributed by atoms with Crippen LogP contribution in [0.15, 0.2) is 36.8 Å². The molecule has 22 heavy (non-hydrogen) atoms. The molecule has 0 spiro atoms. The highest BCUT2D eigenvalue weighted by Crippen LogP contribution is 2.26. The fourth-order valence-corrected chi connectivity index (χ4v) is 2.96. The number of hydrogen-bond acceptors (Lipinski definition) is 4. The molecule has 2 N–H and O–H groups in total. The fraction of sp³-hybridized carbons (Fsp3) is 0.267. The predicted molar refractivity (Wildman–Crippen MR) is 87.1 cm³/mol. The summed E-state index contributed by atoms with van der Waals surface area (Å²) in [5.74, 6) is 1.36. The zero-order valence-electron chi connectivity index (χ0n) is 12.4. The minimum atomic E-state index is -0.132. The summed E-state index contributed by atoms with van der Waals surface area (Å²) in [6.45, 7) is 4.16. The van der Waals surface area contributed by atoms with Gasteiger partial charge >= 0.3 is 0 Å². The van der Waals surface area contributed by atoms with E-state index in [1.165, 1.54) is 11.3 Å². The number of aromatic amines is 1. The maximum absolute atomic E-state index is 12.4. The van der Waals surface area contributed by atoms with Gasteiger partial charge in [0.1, 0.15) is 11.6 Å². The Hall–Kier alpha value is -2.41. The molecule has 1 amide bonds. The van der Waals surface area contributed by atoms with Crippen LogP contribution >= 0.6 is 11.3 Å². The molecular formula is C15H17N5OS. The zero-order valence-corrected chi connectivity index (χ0v) is 13.2. The molecule has 0 aliphatic rings. The molecule has 0 unspecified atom stereocenters. The summed E-state index contributed by atoms with van der Waals surface area (Å²) in [6, 6.07) is 5.75. The van der Waals surface area contributed by atoms with Gasteiger partial charge in [0.25, 0.3) is 5.91 Å². The molecular weight excluding hydrogens is 298 g/mol. The van der Waals surface area contributed by atoms with Crippen LogP contribution in [0.1, 0.15) is 36.0 Å². The first-order chi connectivity index (χ1) is 10.7. The standard InChI is InChI=1S/C15H17N5OS/c1-3-10(2)20-13(6-7-18-20)19-15(21)12-5-4-11(22-12)14-16-8-9-17-14/h4-10H,3H2,1-2H3,(H,16,17)(H,19,21)/t10-/m0/s1. The number of carbonyl (C=O) groups excluding carboxylic acids is 1. The Kier molecular flexibility index (Phi) is 4.06. The minimum absolute atomic E-state index is 0.132. The number of imidazole rings is 1. The third-order valence-electron chi connectivity index (χ3n) is 3.48. The fourth-order valence-electron chi connectivity index (χ4n) is 2.10. The Balaban J connectivity index is 1.77. The van der Waals surface area contributed by atoms with E-state index in [4.69, 9.17) is 0 Å². The maximum Gasteiger partial charge on any atom is 0.266 e. The smallest absolute Gasteiger partial charge is 0.266 e. The lowest BCUT2D eigenvalue weighted by Gasteiger charge is -2.13. The highest BCUT2D eigenvalue weighted by Gasteiger charge is 2.15. The molecule has 3 aromatic heterocycles. The molecule has 0 aromatic carbocycles. The lowest BCUT2D eigenvalue weighted by Crippen LogP contribution is -2.16. The average Bonchev–Trinajstić information content (AvgIpc) is 3.25. The van der Waals surface area contributed by atoms with Crippen LogP contribution < -0.4 is 5.32 Å². The van der Waals surface area contributed by atoms with Gasteiger partial charge in [-0.3, -0.25) is 4.79 Å². The number of amides is 1. The van der Waals surface area contributed by atoms with Crippen molar-refractivity contribution in [1.29, 1.82) is 0 Å². The number of carbonyl (C=O) groups is 1. The summed E-state index contributed by atoms with van der Waals surface area (Å²) >= 11 is 1.41. The van der Waals surface area contributed by atoms with Crippen LogP contribution in [-0.2, 0) is 0 Å². The molecule has 3 heterocycles. The van der Waals surface area contributed by atoms with Crippen LogP contribution in [0.5, 0.6) is 0 Å². The van der Waals surface area contributed by atoms with Crippen LogP contribution in [-0.4, -0.2) is 25.7 Å². The largest absolute Gasteiger partial charge is 0.344 e. The first-order valence-electron chi connectivity index (χ1n) is 7.13. The molecule has 114 valence electrons. The van der Waals surface area contributed by atoms with Gasteiger partial charge in [-0.15, -0.1) is 11.3 Å². The van der Waals surface area contributed by atoms with E-state index < -0.39 is 0 Å². The zero-order chi connectivity index (χ0) is 15.5. The van der Waals surface area contributed by atoms with E-state index in [1.54, 1.807) is 18.6 Å². The van der Waals surface area contributed by atoms with E-state index in [0.29, 0.717) is 10.7 Å². The summed E-state index contributed by atoms with van der Waals surface area (Å²) in [4.78, 5) is 21.2. The molecule has 0 saturated heterocycles. The molecule has 3 aromatic rings. The van der Waals surface area contributed by atoms with Crippen LogP contribution in [0.25, 0.3) is 10.7 Å². The Labute approximate surface area is 132 Å². The minimum Gasteiger partial charge on any atom is -0.344 e. The number of nitrogens with one attached hydrogen (secondary N) is 2. The topological polar surface area (TPSA) is 75.6 Å². The Morgan fingerprint density at radius 3 is 3.00 bits per heavy atom. The Morgan fingerprint density at radius 2 is 2.27 bits per heavy atom. The number of thiophene rings is 1. The summed E-state index contributed by atoms with van der Waals surface area (Å²) in [6.07, 6.45) is 6.11. The summed E-state index contributed by atoms with van der Waals surface area (Å²) in [7, 11) is 0. The first kappa shape index (κ1) is 14.5. The quantitative estimate of drug-likeness (QED) is 0.756. The highest BCUT2D eigenvalue weighted by molar-refractivity contribution is 7.17. The SMILES string of the molecule is CC[C@H](C)n1nccc1NC(=O)c1ccc(-c2ncc[nH]2)s1. The average molecular weight is 315 g/mol. The number of rotatable bonds is 5. The van der Waals surface area contributed by atoms with E-state index >= 15 is 0 Å². The number of hydrogen-bond donors (Lipinski definition) is 2. The van der Waals surface area contributed by atoms with Crippen molar-refractivity contribution in [3.05, 3.63) is 41.7 Å². The molecule has 0 aliphatic heterocycles. The molecule has 3 rings (SSSR count). The van der Waals surface area contributed by atoms with E-state index in [0.717, 1.165) is 17.1 Å². The Bertz CT molecular complexity index is 759. The molecule has 0 bridgehead atoms. The second-order valence-electron chi connectivity index (χ2n) is 4.97. The van der Waals surface area contributed by atoms with Crippen molar-refractivity contribution in [3.63, 3.8) is 0 Å². The van der Waals surface area contributed by atoms with Crippen molar-refractivity contribution in [2.24, 2.45) is 0 Å². The van der Waals surface area contributed by atoms with Crippen molar-refractivity contribution in [3.8, 4) is 10.7 Å². The van der Waals surface area contributed by atoms with E-state index in [1.807, 2.05) is 22.9 Å².